The van der Waals surface area contributed by atoms with Gasteiger partial charge < -0.3 is 10.1 Å². The van der Waals surface area contributed by atoms with Crippen molar-refractivity contribution in [1.82, 2.24) is 10.2 Å². The number of hydrogen-bond donors (Lipinski definition) is 1. The van der Waals surface area contributed by atoms with Crippen LogP contribution in [0.15, 0.2) is 0 Å². The fourth-order valence-electron chi connectivity index (χ4n) is 1.43. The molecule has 1 N–H and O–H groups in total. The third kappa shape index (κ3) is 4.90. The summed E-state index contributed by atoms with van der Waals surface area (Å²) in [5.41, 5.74) is 0. The van der Waals surface area contributed by atoms with Crippen LogP contribution in [0.1, 0.15) is 13.3 Å². The fourth-order valence-corrected chi connectivity index (χ4v) is 1.43. The standard InChI is InChI=1S/C10H17N2O3/c1-9(8-13)11-10(14)2-3-12-4-6-15-7-5-12/h9H,2-7H2,1H3,(H,11,14)/t9-/m0/s1. The van der Waals surface area contributed by atoms with E-state index in [1.165, 1.54) is 0 Å². The Labute approximate surface area is 89.8 Å². The second-order valence-electron chi connectivity index (χ2n) is 3.61. The lowest BCUT2D eigenvalue weighted by Gasteiger charge is -2.26. The van der Waals surface area contributed by atoms with Crippen LogP contribution in [0.4, 0.5) is 0 Å². The SMILES string of the molecule is C[C@@H]([C]=O)NC(=O)CCN1CCOCC1. The van der Waals surface area contributed by atoms with Gasteiger partial charge >= 0.3 is 0 Å². The molecule has 1 rings (SSSR count). The molecule has 0 spiro atoms. The second kappa shape index (κ2) is 6.53. The molecule has 1 aliphatic heterocycles. The van der Waals surface area contributed by atoms with Gasteiger partial charge in [-0.25, -0.2) is 0 Å². The van der Waals surface area contributed by atoms with Gasteiger partial charge in [0.15, 0.2) is 0 Å². The molecule has 1 aliphatic rings. The van der Waals surface area contributed by atoms with Crippen LogP contribution in [0.5, 0.6) is 0 Å². The lowest BCUT2D eigenvalue weighted by Crippen LogP contribution is -2.40. The molecule has 1 heterocycles. The first-order valence-corrected chi connectivity index (χ1v) is 5.19. The molecule has 0 aliphatic carbocycles. The van der Waals surface area contributed by atoms with E-state index in [1.54, 1.807) is 13.2 Å². The molecule has 0 unspecified atom stereocenters. The number of morpholine rings is 1. The molecule has 15 heavy (non-hydrogen) atoms. The van der Waals surface area contributed by atoms with Gasteiger partial charge in [0.05, 0.1) is 19.3 Å². The van der Waals surface area contributed by atoms with Gasteiger partial charge in [0.25, 0.3) is 0 Å². The minimum absolute atomic E-state index is 0.0997. The molecule has 0 aromatic carbocycles. The Balaban J connectivity index is 2.12. The van der Waals surface area contributed by atoms with Crippen LogP contribution in [-0.4, -0.2) is 56.0 Å². The molecular formula is C10H17N2O3. The molecule has 5 nitrogen and oxygen atoms in total. The largest absolute Gasteiger partial charge is 0.379 e. The van der Waals surface area contributed by atoms with Crippen LogP contribution in [-0.2, 0) is 14.3 Å². The van der Waals surface area contributed by atoms with Crippen molar-refractivity contribution < 1.29 is 14.3 Å². The minimum Gasteiger partial charge on any atom is -0.379 e. The van der Waals surface area contributed by atoms with Crippen LogP contribution in [0.3, 0.4) is 0 Å². The molecule has 85 valence electrons. The monoisotopic (exact) mass is 213 g/mol. The first-order valence-electron chi connectivity index (χ1n) is 5.19. The van der Waals surface area contributed by atoms with Gasteiger partial charge in [-0.2, -0.15) is 0 Å². The lowest BCUT2D eigenvalue weighted by atomic mass is 10.3. The predicted octanol–water partition coefficient (Wildman–Crippen LogP) is -0.677. The number of carbonyl (C=O) groups is 1. The Morgan fingerprint density at radius 2 is 2.20 bits per heavy atom. The van der Waals surface area contributed by atoms with Gasteiger partial charge in [0.1, 0.15) is 0 Å². The quantitative estimate of drug-likeness (QED) is 0.657. The highest BCUT2D eigenvalue weighted by molar-refractivity contribution is 5.79. The summed E-state index contributed by atoms with van der Waals surface area (Å²) in [5, 5.41) is 2.55. The molecule has 0 saturated carbocycles. The number of ether oxygens (including phenoxy) is 1. The van der Waals surface area contributed by atoms with E-state index in [9.17, 15) is 9.59 Å². The Morgan fingerprint density at radius 3 is 2.80 bits per heavy atom. The van der Waals surface area contributed by atoms with Crippen LogP contribution in [0.2, 0.25) is 0 Å². The number of rotatable bonds is 5. The van der Waals surface area contributed by atoms with Gasteiger partial charge in [-0.05, 0) is 6.92 Å². The average Bonchev–Trinajstić information content (AvgIpc) is 2.27. The van der Waals surface area contributed by atoms with E-state index in [1.807, 2.05) is 0 Å². The molecule has 0 bridgehead atoms. The van der Waals surface area contributed by atoms with E-state index in [2.05, 4.69) is 10.2 Å². The summed E-state index contributed by atoms with van der Waals surface area (Å²) >= 11 is 0. The number of nitrogens with one attached hydrogen (secondary N) is 1. The smallest absolute Gasteiger partial charge is 0.222 e. The van der Waals surface area contributed by atoms with Crippen molar-refractivity contribution in [1.29, 1.82) is 0 Å². The van der Waals surface area contributed by atoms with Crippen LogP contribution < -0.4 is 5.32 Å². The molecule has 1 amide bonds. The summed E-state index contributed by atoms with van der Waals surface area (Å²) in [4.78, 5) is 23.7. The van der Waals surface area contributed by atoms with Crippen molar-refractivity contribution in [3.05, 3.63) is 0 Å². The minimum atomic E-state index is -0.512. The van der Waals surface area contributed by atoms with Gasteiger partial charge in [0, 0.05) is 26.1 Å². The molecule has 1 atom stereocenters. The molecule has 0 aromatic heterocycles. The van der Waals surface area contributed by atoms with Crippen molar-refractivity contribution in [3.63, 3.8) is 0 Å². The summed E-state index contributed by atoms with van der Waals surface area (Å²) < 4.78 is 5.19. The van der Waals surface area contributed by atoms with E-state index in [-0.39, 0.29) is 5.91 Å². The van der Waals surface area contributed by atoms with Crippen LogP contribution >= 0.6 is 0 Å². The number of carbonyl (C=O) groups excluding carboxylic acids is 2. The first kappa shape index (κ1) is 12.1. The number of amides is 1. The molecule has 1 radical (unpaired) electrons. The third-order valence-corrected chi connectivity index (χ3v) is 2.31. The topological polar surface area (TPSA) is 58.6 Å². The first-order chi connectivity index (χ1) is 7.22. The van der Waals surface area contributed by atoms with Crippen molar-refractivity contribution in [2.45, 2.75) is 19.4 Å². The highest BCUT2D eigenvalue weighted by Crippen LogP contribution is 1.97. The normalized spacial score (nSPS) is 19.5. The lowest BCUT2D eigenvalue weighted by molar-refractivity contribution is -0.121. The van der Waals surface area contributed by atoms with Crippen LogP contribution in [0, 0.1) is 0 Å². The van der Waals surface area contributed by atoms with E-state index in [0.29, 0.717) is 6.42 Å². The maximum Gasteiger partial charge on any atom is 0.222 e. The zero-order valence-corrected chi connectivity index (χ0v) is 8.99. The molecular weight excluding hydrogens is 196 g/mol. The van der Waals surface area contributed by atoms with Crippen molar-refractivity contribution >= 4 is 12.2 Å². The molecule has 5 heteroatoms. The summed E-state index contributed by atoms with van der Waals surface area (Å²) in [6, 6.07) is -0.512. The average molecular weight is 213 g/mol. The van der Waals surface area contributed by atoms with Crippen molar-refractivity contribution in [3.8, 4) is 0 Å². The molecule has 0 aromatic rings. The predicted molar refractivity (Wildman–Crippen MR) is 55.2 cm³/mol. The molecule has 1 fully saturated rings. The summed E-state index contributed by atoms with van der Waals surface area (Å²) in [7, 11) is 0. The van der Waals surface area contributed by atoms with E-state index in [0.717, 1.165) is 32.8 Å². The van der Waals surface area contributed by atoms with Crippen molar-refractivity contribution in [2.75, 3.05) is 32.8 Å². The summed E-state index contributed by atoms with van der Waals surface area (Å²) in [5.74, 6) is -0.0997. The van der Waals surface area contributed by atoms with Crippen molar-refractivity contribution in [2.24, 2.45) is 0 Å². The second-order valence-corrected chi connectivity index (χ2v) is 3.61. The van der Waals surface area contributed by atoms with E-state index >= 15 is 0 Å². The van der Waals surface area contributed by atoms with Gasteiger partial charge in [-0.3, -0.25) is 14.5 Å². The zero-order chi connectivity index (χ0) is 11.1. The Morgan fingerprint density at radius 1 is 1.53 bits per heavy atom. The number of hydrogen-bond acceptors (Lipinski definition) is 4. The number of nitrogens with zero attached hydrogens (tertiary/aromatic N) is 1. The molecule has 1 saturated heterocycles. The fraction of sp³-hybridized carbons (Fsp3) is 0.800. The van der Waals surface area contributed by atoms with Gasteiger partial charge in [0.2, 0.25) is 12.2 Å². The highest BCUT2D eigenvalue weighted by Gasteiger charge is 2.12. The zero-order valence-electron chi connectivity index (χ0n) is 8.99. The van der Waals surface area contributed by atoms with Crippen LogP contribution in [0.25, 0.3) is 0 Å². The summed E-state index contributed by atoms with van der Waals surface area (Å²) in [6.45, 7) is 5.56. The Hall–Kier alpha value is -0.940. The van der Waals surface area contributed by atoms with Gasteiger partial charge in [-0.1, -0.05) is 0 Å². The maximum atomic E-state index is 11.3. The summed E-state index contributed by atoms with van der Waals surface area (Å²) in [6.07, 6.45) is 2.14. The van der Waals surface area contributed by atoms with Gasteiger partial charge in [-0.15, -0.1) is 0 Å². The highest BCUT2D eigenvalue weighted by atomic mass is 16.5. The Kier molecular flexibility index (Phi) is 5.28. The Bertz CT molecular complexity index is 215. The maximum absolute atomic E-state index is 11.3. The van der Waals surface area contributed by atoms with E-state index in [4.69, 9.17) is 4.74 Å². The van der Waals surface area contributed by atoms with E-state index < -0.39 is 6.04 Å². The third-order valence-electron chi connectivity index (χ3n) is 2.31.